The summed E-state index contributed by atoms with van der Waals surface area (Å²) in [4.78, 5) is 10.3. The van der Waals surface area contributed by atoms with Crippen molar-refractivity contribution in [1.29, 1.82) is 0 Å². The van der Waals surface area contributed by atoms with Crippen molar-refractivity contribution in [2.75, 3.05) is 0 Å². The van der Waals surface area contributed by atoms with Gasteiger partial charge >= 0.3 is 0 Å². The molecule has 0 saturated heterocycles. The third kappa shape index (κ3) is 0.707. The van der Waals surface area contributed by atoms with E-state index in [0.29, 0.717) is 5.92 Å². The van der Waals surface area contributed by atoms with Gasteiger partial charge in [-0.2, -0.15) is 0 Å². The van der Waals surface area contributed by atoms with E-state index in [-0.39, 0.29) is 0 Å². The molecule has 3 atom stereocenters. The van der Waals surface area contributed by atoms with Crippen LogP contribution in [0.3, 0.4) is 0 Å². The molecule has 1 radical (unpaired) electrons. The summed E-state index contributed by atoms with van der Waals surface area (Å²) in [7, 11) is 0. The van der Waals surface area contributed by atoms with Gasteiger partial charge in [0.1, 0.15) is 0 Å². The maximum Gasteiger partial charge on any atom is 0.202 e. The molecular weight excluding hydrogens is 112 g/mol. The first kappa shape index (κ1) is 5.45. The fourth-order valence-corrected chi connectivity index (χ4v) is 2.39. The molecule has 2 bridgehead atoms. The van der Waals surface area contributed by atoms with Gasteiger partial charge in [-0.3, -0.25) is 4.79 Å². The lowest BCUT2D eigenvalue weighted by molar-refractivity contribution is 0.394. The van der Waals surface area contributed by atoms with Crippen molar-refractivity contribution in [3.05, 3.63) is 0 Å². The summed E-state index contributed by atoms with van der Waals surface area (Å²) in [6.07, 6.45) is 7.29. The van der Waals surface area contributed by atoms with Crippen molar-refractivity contribution in [3.63, 3.8) is 0 Å². The standard InChI is InChI=1S/C8H11O/c9-5-8-4-6-1-2-7(8)3-6/h6-8H,1-4H2/t6-,7+,8+/m1/s1. The maximum atomic E-state index is 10.3. The molecular formula is C8H11O. The summed E-state index contributed by atoms with van der Waals surface area (Å²) in [5.74, 6) is 1.94. The molecule has 0 N–H and O–H groups in total. The lowest BCUT2D eigenvalue weighted by atomic mass is 9.90. The highest BCUT2D eigenvalue weighted by Crippen LogP contribution is 2.47. The van der Waals surface area contributed by atoms with Crippen molar-refractivity contribution in [1.82, 2.24) is 0 Å². The third-order valence-electron chi connectivity index (χ3n) is 2.89. The second kappa shape index (κ2) is 1.83. The van der Waals surface area contributed by atoms with E-state index in [2.05, 4.69) is 6.29 Å². The van der Waals surface area contributed by atoms with Gasteiger partial charge in [0.05, 0.1) is 0 Å². The van der Waals surface area contributed by atoms with E-state index in [1.54, 1.807) is 0 Å². The molecule has 2 fully saturated rings. The molecule has 0 aromatic heterocycles. The largest absolute Gasteiger partial charge is 0.291 e. The van der Waals surface area contributed by atoms with Crippen molar-refractivity contribution in [3.8, 4) is 0 Å². The summed E-state index contributed by atoms with van der Waals surface area (Å²) >= 11 is 0. The Morgan fingerprint density at radius 1 is 1.22 bits per heavy atom. The Kier molecular flexibility index (Phi) is 1.11. The highest BCUT2D eigenvalue weighted by atomic mass is 16.1. The van der Waals surface area contributed by atoms with E-state index in [9.17, 15) is 4.79 Å². The van der Waals surface area contributed by atoms with Crippen LogP contribution in [0.25, 0.3) is 0 Å². The van der Waals surface area contributed by atoms with Crippen LogP contribution in [0.15, 0.2) is 0 Å². The monoisotopic (exact) mass is 123 g/mol. The third-order valence-corrected chi connectivity index (χ3v) is 2.89. The zero-order chi connectivity index (χ0) is 6.27. The van der Waals surface area contributed by atoms with Gasteiger partial charge in [0.25, 0.3) is 0 Å². The van der Waals surface area contributed by atoms with E-state index < -0.39 is 0 Å². The molecule has 0 spiro atoms. The molecule has 2 rings (SSSR count). The zero-order valence-corrected chi connectivity index (χ0v) is 5.47. The van der Waals surface area contributed by atoms with E-state index in [1.807, 2.05) is 0 Å². The average molecular weight is 123 g/mol. The van der Waals surface area contributed by atoms with Gasteiger partial charge in [0.2, 0.25) is 6.29 Å². The number of hydrogen-bond acceptors (Lipinski definition) is 1. The van der Waals surface area contributed by atoms with Gasteiger partial charge in [0.15, 0.2) is 0 Å². The summed E-state index contributed by atoms with van der Waals surface area (Å²) in [5, 5.41) is 0. The quantitative estimate of drug-likeness (QED) is 0.516. The number of hydrogen-bond donors (Lipinski definition) is 0. The second-order valence-corrected chi connectivity index (χ2v) is 3.40. The van der Waals surface area contributed by atoms with Gasteiger partial charge in [-0.05, 0) is 31.1 Å². The molecule has 2 aliphatic rings. The molecule has 0 unspecified atom stereocenters. The van der Waals surface area contributed by atoms with Gasteiger partial charge in [-0.1, -0.05) is 6.42 Å². The van der Waals surface area contributed by atoms with Gasteiger partial charge in [-0.25, -0.2) is 0 Å². The molecule has 49 valence electrons. The first-order chi connectivity index (χ1) is 4.40. The molecule has 0 amide bonds. The van der Waals surface area contributed by atoms with Crippen LogP contribution in [0.4, 0.5) is 0 Å². The molecule has 1 nitrogen and oxygen atoms in total. The summed E-state index contributed by atoms with van der Waals surface area (Å²) < 4.78 is 0. The molecule has 1 heteroatoms. The fraction of sp³-hybridized carbons (Fsp3) is 0.875. The van der Waals surface area contributed by atoms with Crippen molar-refractivity contribution < 1.29 is 4.79 Å². The number of rotatable bonds is 1. The molecule has 2 aliphatic carbocycles. The summed E-state index contributed by atoms with van der Waals surface area (Å²) in [6, 6.07) is 0. The molecule has 0 aromatic carbocycles. The van der Waals surface area contributed by atoms with E-state index in [4.69, 9.17) is 0 Å². The van der Waals surface area contributed by atoms with Crippen molar-refractivity contribution in [2.24, 2.45) is 17.8 Å². The molecule has 2 saturated carbocycles. The van der Waals surface area contributed by atoms with Gasteiger partial charge in [-0.15, -0.1) is 0 Å². The van der Waals surface area contributed by atoms with Crippen LogP contribution in [0.1, 0.15) is 25.7 Å². The molecule has 0 heterocycles. The average Bonchev–Trinajstić information content (AvgIpc) is 2.45. The minimum Gasteiger partial charge on any atom is -0.291 e. The minimum absolute atomic E-state index is 0.323. The molecule has 9 heavy (non-hydrogen) atoms. The van der Waals surface area contributed by atoms with Crippen LogP contribution in [0, 0.1) is 17.8 Å². The zero-order valence-electron chi connectivity index (χ0n) is 5.47. The van der Waals surface area contributed by atoms with Crippen LogP contribution in [0.2, 0.25) is 0 Å². The second-order valence-electron chi connectivity index (χ2n) is 3.40. The van der Waals surface area contributed by atoms with Crippen LogP contribution in [0.5, 0.6) is 0 Å². The van der Waals surface area contributed by atoms with E-state index in [0.717, 1.165) is 18.3 Å². The van der Waals surface area contributed by atoms with Crippen molar-refractivity contribution in [2.45, 2.75) is 25.7 Å². The van der Waals surface area contributed by atoms with E-state index in [1.165, 1.54) is 19.3 Å². The van der Waals surface area contributed by atoms with Gasteiger partial charge < -0.3 is 0 Å². The smallest absolute Gasteiger partial charge is 0.202 e. The molecule has 0 aliphatic heterocycles. The Balaban J connectivity index is 2.09. The minimum atomic E-state index is 0.323. The Labute approximate surface area is 55.4 Å². The van der Waals surface area contributed by atoms with Crippen LogP contribution in [-0.2, 0) is 4.79 Å². The predicted octanol–water partition coefficient (Wildman–Crippen LogP) is 1.53. The van der Waals surface area contributed by atoms with Crippen LogP contribution >= 0.6 is 0 Å². The normalized spacial score (nSPS) is 47.8. The first-order valence-electron chi connectivity index (χ1n) is 3.78. The Morgan fingerprint density at radius 2 is 2.11 bits per heavy atom. The summed E-state index contributed by atoms with van der Waals surface area (Å²) in [5.41, 5.74) is 0. The SMILES string of the molecule is O=[C][C@@H]1C[C@@H]2CC[C@H]1C2. The maximum absolute atomic E-state index is 10.3. The topological polar surface area (TPSA) is 17.1 Å². The highest BCUT2D eigenvalue weighted by molar-refractivity contribution is 5.56. The first-order valence-corrected chi connectivity index (χ1v) is 3.78. The predicted molar refractivity (Wildman–Crippen MR) is 34.6 cm³/mol. The Morgan fingerprint density at radius 3 is 2.44 bits per heavy atom. The fourth-order valence-electron chi connectivity index (χ4n) is 2.39. The van der Waals surface area contributed by atoms with Gasteiger partial charge in [0, 0.05) is 5.92 Å². The number of carbonyl (C=O) groups excluding carboxylic acids is 1. The number of fused-ring (bicyclic) bond motifs is 2. The van der Waals surface area contributed by atoms with Crippen molar-refractivity contribution >= 4 is 6.29 Å². The summed E-state index contributed by atoms with van der Waals surface area (Å²) in [6.45, 7) is 0. The van der Waals surface area contributed by atoms with E-state index >= 15 is 0 Å². The Bertz CT molecular complexity index is 131. The lowest BCUT2D eigenvalue weighted by Gasteiger charge is -2.13. The van der Waals surface area contributed by atoms with Crippen LogP contribution < -0.4 is 0 Å². The van der Waals surface area contributed by atoms with Crippen LogP contribution in [-0.4, -0.2) is 6.29 Å². The molecule has 0 aromatic rings. The Hall–Kier alpha value is -0.330. The lowest BCUT2D eigenvalue weighted by Crippen LogP contribution is -2.10. The highest BCUT2D eigenvalue weighted by Gasteiger charge is 2.39.